The summed E-state index contributed by atoms with van der Waals surface area (Å²) in [6.07, 6.45) is 26.1. The van der Waals surface area contributed by atoms with Crippen LogP contribution in [0.15, 0.2) is 335 Å². The maximum atomic E-state index is 11.6. The number of hydrogen-bond donors (Lipinski definition) is 7. The van der Waals surface area contributed by atoms with E-state index < -0.39 is 0 Å². The summed E-state index contributed by atoms with van der Waals surface area (Å²) >= 11 is 0. The topological polar surface area (TPSA) is 305 Å². The summed E-state index contributed by atoms with van der Waals surface area (Å²) in [4.78, 5) is 102. The van der Waals surface area contributed by atoms with Gasteiger partial charge in [0.25, 0.3) is 28.1 Å². The van der Waals surface area contributed by atoms with Crippen LogP contribution in [0.1, 0.15) is 326 Å². The van der Waals surface area contributed by atoms with E-state index in [-0.39, 0.29) is 57.7 Å². The Balaban J connectivity index is 0.000000215. The molecule has 21 heteroatoms. The Kier molecular flexibility index (Phi) is 50.3. The van der Waals surface area contributed by atoms with Gasteiger partial charge in [0.1, 0.15) is 17.3 Å². The first-order chi connectivity index (χ1) is 69.7. The Labute approximate surface area is 865 Å². The summed E-state index contributed by atoms with van der Waals surface area (Å²) in [5.41, 5.74) is 17.2. The van der Waals surface area contributed by atoms with Crippen LogP contribution in [-0.2, 0) is 16.0 Å². The molecule has 21 nitrogen and oxygen atoms in total. The number of benzene rings is 7. The zero-order valence-electron chi connectivity index (χ0n) is 90.9. The second kappa shape index (κ2) is 62.1. The molecular formula is C125H158N14O7. The number of H-pyrrole nitrogens is 5. The molecule has 7 N–H and O–H groups in total. The number of nitrogens with zero attached hydrogens (tertiary/aromatic N) is 7. The molecule has 16 aromatic rings. The van der Waals surface area contributed by atoms with Crippen molar-refractivity contribution in [3.63, 3.8) is 0 Å². The number of nitrogens with one attached hydrogen (secondary N) is 7. The fourth-order valence-electron chi connectivity index (χ4n) is 15.1. The van der Waals surface area contributed by atoms with Gasteiger partial charge in [-0.3, -0.25) is 59.1 Å². The summed E-state index contributed by atoms with van der Waals surface area (Å²) < 4.78 is 5.72. The van der Waals surface area contributed by atoms with Crippen molar-refractivity contribution in [1.29, 1.82) is 0 Å². The smallest absolute Gasteiger partial charge is 0.269 e. The van der Waals surface area contributed by atoms with Crippen molar-refractivity contribution < 1.29 is 14.3 Å². The van der Waals surface area contributed by atoms with Gasteiger partial charge in [-0.05, 0) is 200 Å². The van der Waals surface area contributed by atoms with Crippen molar-refractivity contribution >= 4 is 66.1 Å². The molecule has 12 heterocycles. The molecule has 0 aliphatic carbocycles. The van der Waals surface area contributed by atoms with Crippen molar-refractivity contribution in [2.75, 3.05) is 13.2 Å². The molecule has 0 radical (unpaired) electrons. The minimum absolute atomic E-state index is 0.00120. The monoisotopic (exact) mass is 1970 g/mol. The maximum Gasteiger partial charge on any atom is 0.269 e. The molecule has 3 aliphatic heterocycles. The van der Waals surface area contributed by atoms with Gasteiger partial charge in [-0.25, -0.2) is 9.97 Å². The van der Waals surface area contributed by atoms with E-state index in [0.717, 1.165) is 80.9 Å². The Morgan fingerprint density at radius 2 is 0.932 bits per heavy atom. The molecule has 770 valence electrons. The lowest BCUT2D eigenvalue weighted by molar-refractivity contribution is -0.129. The van der Waals surface area contributed by atoms with E-state index >= 15 is 0 Å². The second-order valence-electron chi connectivity index (χ2n) is 39.9. The number of fused-ring (bicyclic) bond motifs is 6. The van der Waals surface area contributed by atoms with Crippen molar-refractivity contribution in [1.82, 2.24) is 70.7 Å². The van der Waals surface area contributed by atoms with Gasteiger partial charge in [-0.2, -0.15) is 5.10 Å². The number of aromatic nitrogens is 12. The lowest BCUT2D eigenvalue weighted by Crippen LogP contribution is -2.35. The SMILES string of the molecule is CC(C)C1=CC=CNC1.CC(C)C1=CCC(=O)NC1=O.CC(C)c1[nH]nc2ccccc12.CC(C)c1cc2ccccc2[nH]c1=O.CC(C)c1cc2ccccc2cn1.CC(C)c1cc2cnccc2[nH]c1=O.CC(C)c1ccc2ccccc2c1.CC(C)c1ccc[nH]c1=O.CC(C)c1cccc2c1OCCC2.CC(C)c1ccccc1.CC(C)c1ccccn1.CC(C)c1ncc[nH]c1=O.CC(C)c1ncccn1. The van der Waals surface area contributed by atoms with Crippen LogP contribution >= 0.6 is 0 Å². The third-order valence-electron chi connectivity index (χ3n) is 23.9. The minimum atomic E-state index is -0.240. The summed E-state index contributed by atoms with van der Waals surface area (Å²) in [6, 6.07) is 75.9. The standard InChI is InChI=1S/C13H14.C12H13NO.C12H13N.C12H16O.C11H12N2O.C10H12N2.C9H12.C8H11NO2.C8H11NO.C8H13N.C8H11N.C7H10N2O.C7H10N2/c1-10(2)12-8-7-11-5-3-4-6-13(11)9-12;1-8(2)10-7-9-5-3-4-6-11(9)13-12(10)14;1-9(2)12-7-10-5-3-4-6-11(10)8-13-12;1-9(2)11-7-3-5-10-6-4-8-13-12(10)11;1-7(2)9-5-8-6-12-4-3-10(8)13-11(9)14;1-7(2)10-8-5-3-4-6-9(8)11-12-10;1-8(2)9-6-4-3-5-7-9;1-5(2)6-3-4-7(10)9-8(6)11;1-6(2)7-4-3-5-9-8(7)10;1-7(2)8-4-3-5-9-6-8;1-7(2)8-5-3-4-6-9-8;1-5(2)6-7(10)9-4-3-8-6;1-6(2)7-8-4-3-5-9-7/h3-10H,1-2H3;3-8H,1-2H3,(H,13,14);3-9H,1-2H3;3,5,7,9H,4,6,8H2,1-2H3;3-7H,1-2H3,(H,13,14);3-7H,1-2H3,(H,11,12);3-8H,1-2H3;3,5H,4H2,1-2H3,(H,9,10,11);3-6H,1-2H3,(H,9,10);3-5,7,9H,6H2,1-2H3;3-7H,1-2H3;3-5H,1-2H3,(H,9,10);3-6H,1-2H3. The predicted molar refractivity (Wildman–Crippen MR) is 609 cm³/mol. The largest absolute Gasteiger partial charge is 0.493 e. The van der Waals surface area contributed by atoms with Crippen molar-refractivity contribution in [3.05, 3.63) is 425 Å². The highest BCUT2D eigenvalue weighted by molar-refractivity contribution is 6.07. The van der Waals surface area contributed by atoms with Gasteiger partial charge >= 0.3 is 0 Å². The van der Waals surface area contributed by atoms with Crippen LogP contribution in [0.3, 0.4) is 0 Å². The first-order valence-electron chi connectivity index (χ1n) is 51.4. The Morgan fingerprint density at radius 3 is 1.45 bits per heavy atom. The summed E-state index contributed by atoms with van der Waals surface area (Å²) in [6.45, 7) is 56.6. The van der Waals surface area contributed by atoms with E-state index in [1.807, 2.05) is 191 Å². The molecule has 0 unspecified atom stereocenters. The molecule has 0 atom stereocenters. The quantitative estimate of drug-likeness (QED) is 0.0528. The van der Waals surface area contributed by atoms with Crippen LogP contribution in [0.25, 0.3) is 54.3 Å². The van der Waals surface area contributed by atoms with Gasteiger partial charge in [0.05, 0.1) is 17.6 Å². The Bertz CT molecular complexity index is 6640. The summed E-state index contributed by atoms with van der Waals surface area (Å²) in [5, 5.41) is 21.2. The molecule has 0 saturated carbocycles. The average molecular weight is 1970 g/mol. The Morgan fingerprint density at radius 1 is 0.363 bits per heavy atom. The molecule has 0 saturated heterocycles. The number of hydrogen-bond acceptors (Lipinski definition) is 15. The zero-order valence-corrected chi connectivity index (χ0v) is 90.9. The highest BCUT2D eigenvalue weighted by atomic mass is 16.5. The molecule has 3 aliphatic rings. The van der Waals surface area contributed by atoms with E-state index in [2.05, 4.69) is 309 Å². The van der Waals surface area contributed by atoms with Gasteiger partial charge in [-0.1, -0.05) is 356 Å². The molecule has 2 amide bonds. The molecule has 146 heavy (non-hydrogen) atoms. The van der Waals surface area contributed by atoms with Gasteiger partial charge in [0.2, 0.25) is 5.91 Å². The maximum absolute atomic E-state index is 11.6. The van der Waals surface area contributed by atoms with Gasteiger partial charge in [0.15, 0.2) is 0 Å². The van der Waals surface area contributed by atoms with E-state index in [1.165, 1.54) is 78.8 Å². The number of aryl methyl sites for hydroxylation is 1. The van der Waals surface area contributed by atoms with Crippen LogP contribution in [0.2, 0.25) is 0 Å². The highest BCUT2D eigenvalue weighted by Crippen LogP contribution is 2.34. The average Bonchev–Trinajstić information content (AvgIpc) is 0.877. The van der Waals surface area contributed by atoms with Crippen molar-refractivity contribution in [2.45, 2.75) is 264 Å². The third-order valence-corrected chi connectivity index (χ3v) is 23.9. The number of carbonyl (C=O) groups is 2. The van der Waals surface area contributed by atoms with E-state index in [1.54, 1.807) is 49.3 Å². The third kappa shape index (κ3) is 39.8. The molecule has 7 aromatic carbocycles. The number of rotatable bonds is 13. The summed E-state index contributed by atoms with van der Waals surface area (Å²) in [5.74, 6) is 7.35. The van der Waals surface area contributed by atoms with Crippen LogP contribution in [0.5, 0.6) is 5.75 Å². The van der Waals surface area contributed by atoms with Crippen LogP contribution in [0.4, 0.5) is 0 Å². The first kappa shape index (κ1) is 118. The van der Waals surface area contributed by atoms with Crippen LogP contribution in [0, 0.1) is 11.8 Å². The van der Waals surface area contributed by atoms with Crippen molar-refractivity contribution in [2.24, 2.45) is 11.8 Å². The lowest BCUT2D eigenvalue weighted by Gasteiger charge is -2.21. The number of allylic oxidation sites excluding steroid dienone is 2. The molecule has 19 rings (SSSR count). The summed E-state index contributed by atoms with van der Waals surface area (Å²) in [7, 11) is 0. The number of dihydropyridines is 1. The van der Waals surface area contributed by atoms with E-state index in [9.17, 15) is 28.8 Å². The van der Waals surface area contributed by atoms with E-state index in [4.69, 9.17) is 4.74 Å². The Hall–Kier alpha value is -14.7. The van der Waals surface area contributed by atoms with Crippen LogP contribution < -0.4 is 37.6 Å². The van der Waals surface area contributed by atoms with Crippen LogP contribution in [-0.4, -0.2) is 85.0 Å². The normalized spacial score (nSPS) is 12.1. The number of pyridine rings is 6. The van der Waals surface area contributed by atoms with Gasteiger partial charge in [0, 0.05) is 142 Å². The number of aromatic amines is 5. The minimum Gasteiger partial charge on any atom is -0.493 e. The fourth-order valence-corrected chi connectivity index (χ4v) is 15.1. The molecule has 0 bridgehead atoms. The number of para-hydroxylation sites is 3. The highest BCUT2D eigenvalue weighted by Gasteiger charge is 2.21. The predicted octanol–water partition coefficient (Wildman–Crippen LogP) is 29.1. The second-order valence-corrected chi connectivity index (χ2v) is 39.9. The molecule has 0 spiro atoms. The number of imide groups is 1. The molecular weight excluding hydrogens is 1810 g/mol. The molecule has 0 fully saturated rings. The lowest BCUT2D eigenvalue weighted by atomic mass is 9.96. The molecule has 9 aromatic heterocycles. The van der Waals surface area contributed by atoms with Gasteiger partial charge < -0.3 is 30.0 Å². The van der Waals surface area contributed by atoms with E-state index in [0.29, 0.717) is 70.9 Å². The van der Waals surface area contributed by atoms with Gasteiger partial charge in [-0.15, -0.1) is 0 Å². The zero-order chi connectivity index (χ0) is 107. The number of carbonyl (C=O) groups excluding carboxylic acids is 2. The first-order valence-corrected chi connectivity index (χ1v) is 51.4. The number of amides is 2. The number of ether oxygens (including phenoxy) is 1. The van der Waals surface area contributed by atoms with Crippen molar-refractivity contribution in [3.8, 4) is 5.75 Å². The fraction of sp³-hybridized carbons (Fsp3) is 0.352.